The molecule has 0 fully saturated rings. The van der Waals surface area contributed by atoms with Gasteiger partial charge in [-0.3, -0.25) is 0 Å². The maximum atomic E-state index is 12.1. The minimum atomic E-state index is -0.465. The van der Waals surface area contributed by atoms with Crippen molar-refractivity contribution in [3.8, 4) is 0 Å². The van der Waals surface area contributed by atoms with Crippen LogP contribution in [-0.2, 0) is 22.4 Å². The predicted octanol–water partition coefficient (Wildman–Crippen LogP) is 3.59. The van der Waals surface area contributed by atoms with Crippen molar-refractivity contribution >= 4 is 22.8 Å². The van der Waals surface area contributed by atoms with Crippen molar-refractivity contribution < 1.29 is 13.9 Å². The summed E-state index contributed by atoms with van der Waals surface area (Å²) in [6.07, 6.45) is 1.29. The maximum absolute atomic E-state index is 12.1. The van der Waals surface area contributed by atoms with Gasteiger partial charge in [0.15, 0.2) is 11.5 Å². The SMILES string of the molecule is CCc1nc2cc(N[C@H](Cc3ccccc3)C(=O)OC)ccc2o1. The van der Waals surface area contributed by atoms with Crippen molar-refractivity contribution in [1.29, 1.82) is 0 Å². The first-order valence-corrected chi connectivity index (χ1v) is 7.97. The highest BCUT2D eigenvalue weighted by Gasteiger charge is 2.20. The summed E-state index contributed by atoms with van der Waals surface area (Å²) in [6, 6.07) is 15.0. The highest BCUT2D eigenvalue weighted by Crippen LogP contribution is 2.21. The van der Waals surface area contributed by atoms with Crippen molar-refractivity contribution in [2.24, 2.45) is 0 Å². The van der Waals surface area contributed by atoms with E-state index in [-0.39, 0.29) is 5.97 Å². The van der Waals surface area contributed by atoms with Gasteiger partial charge in [0.25, 0.3) is 0 Å². The smallest absolute Gasteiger partial charge is 0.328 e. The zero-order valence-electron chi connectivity index (χ0n) is 13.8. The Kier molecular flexibility index (Phi) is 4.79. The maximum Gasteiger partial charge on any atom is 0.328 e. The molecule has 0 spiro atoms. The lowest BCUT2D eigenvalue weighted by molar-refractivity contribution is -0.141. The number of methoxy groups -OCH3 is 1. The molecule has 24 heavy (non-hydrogen) atoms. The van der Waals surface area contributed by atoms with E-state index in [9.17, 15) is 4.79 Å². The topological polar surface area (TPSA) is 64.4 Å². The molecule has 0 aliphatic rings. The second kappa shape index (κ2) is 7.17. The summed E-state index contributed by atoms with van der Waals surface area (Å²) in [7, 11) is 1.40. The number of rotatable bonds is 6. The fraction of sp³-hybridized carbons (Fsp3) is 0.263. The van der Waals surface area contributed by atoms with E-state index < -0.39 is 6.04 Å². The number of ether oxygens (including phenoxy) is 1. The number of oxazole rings is 1. The lowest BCUT2D eigenvalue weighted by Crippen LogP contribution is -2.32. The normalized spacial score (nSPS) is 12.1. The van der Waals surface area contributed by atoms with Crippen LogP contribution in [-0.4, -0.2) is 24.1 Å². The molecule has 0 aliphatic heterocycles. The van der Waals surface area contributed by atoms with Crippen LogP contribution in [0.5, 0.6) is 0 Å². The fourth-order valence-electron chi connectivity index (χ4n) is 2.60. The first-order valence-electron chi connectivity index (χ1n) is 7.97. The molecular weight excluding hydrogens is 304 g/mol. The molecule has 1 N–H and O–H groups in total. The molecule has 1 atom stereocenters. The second-order valence-electron chi connectivity index (χ2n) is 5.55. The van der Waals surface area contributed by atoms with Crippen molar-refractivity contribution in [2.45, 2.75) is 25.8 Å². The van der Waals surface area contributed by atoms with Crippen LogP contribution < -0.4 is 5.32 Å². The van der Waals surface area contributed by atoms with Crippen molar-refractivity contribution in [3.05, 3.63) is 60.0 Å². The summed E-state index contributed by atoms with van der Waals surface area (Å²) in [4.78, 5) is 16.5. The van der Waals surface area contributed by atoms with Gasteiger partial charge >= 0.3 is 5.97 Å². The molecule has 0 saturated carbocycles. The molecule has 1 heterocycles. The van der Waals surface area contributed by atoms with Crippen LogP contribution in [0.2, 0.25) is 0 Å². The van der Waals surface area contributed by atoms with E-state index in [2.05, 4.69) is 10.3 Å². The number of anilines is 1. The Morgan fingerprint density at radius 3 is 2.75 bits per heavy atom. The minimum absolute atomic E-state index is 0.298. The Labute approximate surface area is 140 Å². The van der Waals surface area contributed by atoms with Crippen molar-refractivity contribution in [2.75, 3.05) is 12.4 Å². The Morgan fingerprint density at radius 2 is 2.04 bits per heavy atom. The molecule has 5 nitrogen and oxygen atoms in total. The molecule has 124 valence electrons. The van der Waals surface area contributed by atoms with Gasteiger partial charge in [0, 0.05) is 18.5 Å². The molecule has 0 amide bonds. The number of nitrogens with one attached hydrogen (secondary N) is 1. The number of hydrogen-bond donors (Lipinski definition) is 1. The Bertz CT molecular complexity index is 827. The number of carbonyl (C=O) groups excluding carboxylic acids is 1. The van der Waals surface area contributed by atoms with E-state index >= 15 is 0 Å². The van der Waals surface area contributed by atoms with Gasteiger partial charge in [0.2, 0.25) is 0 Å². The molecule has 0 radical (unpaired) electrons. The lowest BCUT2D eigenvalue weighted by Gasteiger charge is -2.17. The van der Waals surface area contributed by atoms with E-state index in [0.717, 1.165) is 28.8 Å². The molecule has 0 saturated heterocycles. The van der Waals surface area contributed by atoms with Gasteiger partial charge < -0.3 is 14.5 Å². The third kappa shape index (κ3) is 3.56. The van der Waals surface area contributed by atoms with Crippen LogP contribution in [0, 0.1) is 0 Å². The van der Waals surface area contributed by atoms with Gasteiger partial charge in [-0.05, 0) is 23.8 Å². The average Bonchev–Trinajstić information content (AvgIpc) is 3.04. The fourth-order valence-corrected chi connectivity index (χ4v) is 2.60. The highest BCUT2D eigenvalue weighted by molar-refractivity contribution is 5.82. The number of aryl methyl sites for hydroxylation is 1. The highest BCUT2D eigenvalue weighted by atomic mass is 16.5. The van der Waals surface area contributed by atoms with E-state index in [4.69, 9.17) is 9.15 Å². The third-order valence-electron chi connectivity index (χ3n) is 3.84. The summed E-state index contributed by atoms with van der Waals surface area (Å²) in [5, 5.41) is 3.24. The monoisotopic (exact) mass is 324 g/mol. The second-order valence-corrected chi connectivity index (χ2v) is 5.55. The minimum Gasteiger partial charge on any atom is -0.467 e. The quantitative estimate of drug-likeness (QED) is 0.702. The van der Waals surface area contributed by atoms with Crippen LogP contribution in [0.3, 0.4) is 0 Å². The van der Waals surface area contributed by atoms with Crippen LogP contribution in [0.15, 0.2) is 52.9 Å². The first-order chi connectivity index (χ1) is 11.7. The number of carbonyl (C=O) groups is 1. The van der Waals surface area contributed by atoms with Gasteiger partial charge in [-0.2, -0.15) is 0 Å². The molecule has 0 aliphatic carbocycles. The van der Waals surface area contributed by atoms with Crippen LogP contribution in [0.4, 0.5) is 5.69 Å². The van der Waals surface area contributed by atoms with Gasteiger partial charge in [-0.1, -0.05) is 37.3 Å². The molecule has 5 heteroatoms. The summed E-state index contributed by atoms with van der Waals surface area (Å²) >= 11 is 0. The molecule has 3 aromatic rings. The van der Waals surface area contributed by atoms with Crippen LogP contribution in [0.1, 0.15) is 18.4 Å². The Morgan fingerprint density at radius 1 is 1.25 bits per heavy atom. The van der Waals surface area contributed by atoms with E-state index in [1.54, 1.807) is 0 Å². The van der Waals surface area contributed by atoms with Crippen molar-refractivity contribution in [1.82, 2.24) is 4.98 Å². The third-order valence-corrected chi connectivity index (χ3v) is 3.84. The number of nitrogens with zero attached hydrogens (tertiary/aromatic N) is 1. The number of fused-ring (bicyclic) bond motifs is 1. The van der Waals surface area contributed by atoms with E-state index in [1.807, 2.05) is 55.5 Å². The zero-order chi connectivity index (χ0) is 16.9. The summed E-state index contributed by atoms with van der Waals surface area (Å²) in [5.41, 5.74) is 3.40. The van der Waals surface area contributed by atoms with Gasteiger partial charge in [-0.15, -0.1) is 0 Å². The molecular formula is C19H20N2O3. The molecule has 2 aromatic carbocycles. The van der Waals surface area contributed by atoms with Gasteiger partial charge in [0.05, 0.1) is 7.11 Å². The van der Waals surface area contributed by atoms with Gasteiger partial charge in [0.1, 0.15) is 11.6 Å². The Hall–Kier alpha value is -2.82. The van der Waals surface area contributed by atoms with Crippen LogP contribution >= 0.6 is 0 Å². The summed E-state index contributed by atoms with van der Waals surface area (Å²) in [5.74, 6) is 0.407. The van der Waals surface area contributed by atoms with E-state index in [0.29, 0.717) is 12.3 Å². The number of aromatic nitrogens is 1. The zero-order valence-corrected chi connectivity index (χ0v) is 13.8. The average molecular weight is 324 g/mol. The first kappa shape index (κ1) is 16.1. The predicted molar refractivity (Wildman–Crippen MR) is 93.0 cm³/mol. The Balaban J connectivity index is 1.82. The number of esters is 1. The molecule has 1 aromatic heterocycles. The lowest BCUT2D eigenvalue weighted by atomic mass is 10.1. The van der Waals surface area contributed by atoms with E-state index in [1.165, 1.54) is 7.11 Å². The molecule has 0 unspecified atom stereocenters. The molecule has 3 rings (SSSR count). The summed E-state index contributed by atoms with van der Waals surface area (Å²) < 4.78 is 10.5. The van der Waals surface area contributed by atoms with Crippen LogP contribution in [0.25, 0.3) is 11.1 Å². The largest absolute Gasteiger partial charge is 0.467 e. The standard InChI is InChI=1S/C19H20N2O3/c1-3-18-21-15-12-14(9-10-17(15)24-18)20-16(19(22)23-2)11-13-7-5-4-6-8-13/h4-10,12,16,20H,3,11H2,1-2H3/t16-/m1/s1. The number of hydrogen-bond acceptors (Lipinski definition) is 5. The molecule has 0 bridgehead atoms. The number of benzene rings is 2. The summed E-state index contributed by atoms with van der Waals surface area (Å²) in [6.45, 7) is 2.00. The van der Waals surface area contributed by atoms with Crippen molar-refractivity contribution in [3.63, 3.8) is 0 Å². The van der Waals surface area contributed by atoms with Gasteiger partial charge in [-0.25, -0.2) is 9.78 Å².